The van der Waals surface area contributed by atoms with Crippen LogP contribution in [0, 0.1) is 6.92 Å². The van der Waals surface area contributed by atoms with Crippen LogP contribution in [0.5, 0.6) is 0 Å². The minimum atomic E-state index is -0.0862. The smallest absolute Gasteiger partial charge is 0.253 e. The number of carbonyl (C=O) groups is 1. The SMILES string of the molecule is Cc1cc(Cl)ccc1Cc1cnc(NC(=O)C2=CCOCC2)s1. The normalized spacial score (nSPS) is 14.4. The fourth-order valence-corrected chi connectivity index (χ4v) is 3.46. The second-order valence-corrected chi connectivity index (χ2v) is 6.94. The lowest BCUT2D eigenvalue weighted by Crippen LogP contribution is -2.18. The summed E-state index contributed by atoms with van der Waals surface area (Å²) in [7, 11) is 0. The van der Waals surface area contributed by atoms with Crippen LogP contribution in [0.2, 0.25) is 5.02 Å². The average Bonchev–Trinajstić information content (AvgIpc) is 2.98. The second kappa shape index (κ2) is 7.25. The topological polar surface area (TPSA) is 51.2 Å². The van der Waals surface area contributed by atoms with Crippen LogP contribution in [0.4, 0.5) is 5.13 Å². The molecule has 0 bridgehead atoms. The number of benzene rings is 1. The zero-order chi connectivity index (χ0) is 16.2. The minimum absolute atomic E-state index is 0.0862. The maximum atomic E-state index is 12.1. The van der Waals surface area contributed by atoms with Gasteiger partial charge >= 0.3 is 0 Å². The van der Waals surface area contributed by atoms with Gasteiger partial charge in [-0.3, -0.25) is 10.1 Å². The van der Waals surface area contributed by atoms with Crippen molar-refractivity contribution in [1.29, 1.82) is 0 Å². The van der Waals surface area contributed by atoms with Crippen LogP contribution >= 0.6 is 22.9 Å². The van der Waals surface area contributed by atoms with E-state index in [1.165, 1.54) is 16.9 Å². The van der Waals surface area contributed by atoms with E-state index in [1.54, 1.807) is 0 Å². The van der Waals surface area contributed by atoms with Gasteiger partial charge in [-0.15, -0.1) is 11.3 Å². The molecule has 1 amide bonds. The van der Waals surface area contributed by atoms with Gasteiger partial charge in [0.25, 0.3) is 5.91 Å². The Hall–Kier alpha value is -1.69. The minimum Gasteiger partial charge on any atom is -0.377 e. The maximum absolute atomic E-state index is 12.1. The number of hydrogen-bond acceptors (Lipinski definition) is 4. The van der Waals surface area contributed by atoms with E-state index in [0.717, 1.165) is 27.5 Å². The number of aryl methyl sites for hydroxylation is 1. The molecular formula is C17H17ClN2O2S. The third kappa shape index (κ3) is 4.19. The molecule has 120 valence electrons. The third-order valence-corrected chi connectivity index (χ3v) is 4.85. The van der Waals surface area contributed by atoms with Crippen molar-refractivity contribution in [3.63, 3.8) is 0 Å². The number of amides is 1. The van der Waals surface area contributed by atoms with E-state index in [9.17, 15) is 4.79 Å². The highest BCUT2D eigenvalue weighted by molar-refractivity contribution is 7.15. The van der Waals surface area contributed by atoms with Gasteiger partial charge < -0.3 is 4.74 Å². The highest BCUT2D eigenvalue weighted by atomic mass is 35.5. The molecule has 0 spiro atoms. The summed E-state index contributed by atoms with van der Waals surface area (Å²) in [6.45, 7) is 3.14. The highest BCUT2D eigenvalue weighted by Crippen LogP contribution is 2.24. The Balaban J connectivity index is 1.66. The maximum Gasteiger partial charge on any atom is 0.253 e. The molecule has 1 aromatic heterocycles. The summed E-state index contributed by atoms with van der Waals surface area (Å²) >= 11 is 7.48. The lowest BCUT2D eigenvalue weighted by Gasteiger charge is -2.12. The van der Waals surface area contributed by atoms with Crippen molar-refractivity contribution in [2.24, 2.45) is 0 Å². The molecule has 6 heteroatoms. The molecule has 0 unspecified atom stereocenters. The molecule has 2 aromatic rings. The van der Waals surface area contributed by atoms with Gasteiger partial charge in [-0.25, -0.2) is 4.98 Å². The first-order valence-corrected chi connectivity index (χ1v) is 8.59. The molecule has 2 heterocycles. The number of rotatable bonds is 4. The van der Waals surface area contributed by atoms with Crippen molar-refractivity contribution in [3.05, 3.63) is 57.1 Å². The lowest BCUT2D eigenvalue weighted by molar-refractivity contribution is -0.113. The van der Waals surface area contributed by atoms with E-state index >= 15 is 0 Å². The summed E-state index contributed by atoms with van der Waals surface area (Å²) in [4.78, 5) is 17.5. The molecule has 1 aliphatic heterocycles. The summed E-state index contributed by atoms with van der Waals surface area (Å²) < 4.78 is 5.21. The molecule has 1 N–H and O–H groups in total. The first kappa shape index (κ1) is 16.2. The van der Waals surface area contributed by atoms with Crippen LogP contribution in [0.1, 0.15) is 22.4 Å². The molecule has 0 saturated heterocycles. The molecule has 0 saturated carbocycles. The number of nitrogens with zero attached hydrogens (tertiary/aromatic N) is 1. The van der Waals surface area contributed by atoms with Crippen LogP contribution in [0.3, 0.4) is 0 Å². The monoisotopic (exact) mass is 348 g/mol. The first-order chi connectivity index (χ1) is 11.1. The highest BCUT2D eigenvalue weighted by Gasteiger charge is 2.14. The van der Waals surface area contributed by atoms with Gasteiger partial charge in [-0.2, -0.15) is 0 Å². The van der Waals surface area contributed by atoms with Crippen LogP contribution < -0.4 is 5.32 Å². The Morgan fingerprint density at radius 1 is 1.48 bits per heavy atom. The number of ether oxygens (including phenoxy) is 1. The van der Waals surface area contributed by atoms with Crippen LogP contribution in [-0.2, 0) is 16.0 Å². The molecule has 0 atom stereocenters. The van der Waals surface area contributed by atoms with E-state index in [1.807, 2.05) is 37.4 Å². The molecule has 0 aliphatic carbocycles. The van der Waals surface area contributed by atoms with E-state index in [0.29, 0.717) is 24.8 Å². The van der Waals surface area contributed by atoms with Crippen molar-refractivity contribution < 1.29 is 9.53 Å². The van der Waals surface area contributed by atoms with Gasteiger partial charge in [0, 0.05) is 34.5 Å². The van der Waals surface area contributed by atoms with Crippen molar-refractivity contribution >= 4 is 34.0 Å². The van der Waals surface area contributed by atoms with Gasteiger partial charge in [0.15, 0.2) is 5.13 Å². The number of aromatic nitrogens is 1. The number of halogens is 1. The largest absolute Gasteiger partial charge is 0.377 e. The second-order valence-electron chi connectivity index (χ2n) is 5.39. The van der Waals surface area contributed by atoms with Gasteiger partial charge in [0.2, 0.25) is 0 Å². The van der Waals surface area contributed by atoms with Gasteiger partial charge in [-0.1, -0.05) is 23.7 Å². The summed E-state index contributed by atoms with van der Waals surface area (Å²) in [5.41, 5.74) is 3.13. The van der Waals surface area contributed by atoms with Gasteiger partial charge in [0.1, 0.15) is 0 Å². The number of nitrogens with one attached hydrogen (secondary N) is 1. The molecular weight excluding hydrogens is 332 g/mol. The summed E-state index contributed by atoms with van der Waals surface area (Å²) in [6, 6.07) is 5.88. The fraction of sp³-hybridized carbons (Fsp3) is 0.294. The predicted molar refractivity (Wildman–Crippen MR) is 93.3 cm³/mol. The van der Waals surface area contributed by atoms with E-state index in [4.69, 9.17) is 16.3 Å². The lowest BCUT2D eigenvalue weighted by atomic mass is 10.1. The Kier molecular flexibility index (Phi) is 5.10. The number of anilines is 1. The molecule has 3 rings (SSSR count). The van der Waals surface area contributed by atoms with Crippen molar-refractivity contribution in [2.75, 3.05) is 18.5 Å². The summed E-state index contributed by atoms with van der Waals surface area (Å²) in [5, 5.41) is 4.24. The van der Waals surface area contributed by atoms with Crippen molar-refractivity contribution in [2.45, 2.75) is 19.8 Å². The predicted octanol–water partition coefficient (Wildman–Crippen LogP) is 3.98. The van der Waals surface area contributed by atoms with Gasteiger partial charge in [0.05, 0.1) is 13.2 Å². The Morgan fingerprint density at radius 3 is 3.09 bits per heavy atom. The summed E-state index contributed by atoms with van der Waals surface area (Å²) in [5.74, 6) is -0.0862. The Labute approximate surface area is 144 Å². The molecule has 0 radical (unpaired) electrons. The van der Waals surface area contributed by atoms with Crippen LogP contribution in [-0.4, -0.2) is 24.1 Å². The van der Waals surface area contributed by atoms with Crippen molar-refractivity contribution in [3.8, 4) is 0 Å². The molecule has 23 heavy (non-hydrogen) atoms. The third-order valence-electron chi connectivity index (χ3n) is 3.70. The fourth-order valence-electron chi connectivity index (χ4n) is 2.40. The van der Waals surface area contributed by atoms with Gasteiger partial charge in [-0.05, 0) is 30.2 Å². The molecule has 1 aliphatic rings. The zero-order valence-corrected chi connectivity index (χ0v) is 14.3. The number of carbonyl (C=O) groups excluding carboxylic acids is 1. The number of thiazole rings is 1. The average molecular weight is 349 g/mol. The van der Waals surface area contributed by atoms with Crippen LogP contribution in [0.15, 0.2) is 36.0 Å². The van der Waals surface area contributed by atoms with E-state index < -0.39 is 0 Å². The number of hydrogen-bond donors (Lipinski definition) is 1. The zero-order valence-electron chi connectivity index (χ0n) is 12.8. The Morgan fingerprint density at radius 2 is 2.35 bits per heavy atom. The molecule has 4 nitrogen and oxygen atoms in total. The molecule has 0 fully saturated rings. The summed E-state index contributed by atoms with van der Waals surface area (Å²) in [6.07, 6.45) is 5.07. The first-order valence-electron chi connectivity index (χ1n) is 7.39. The quantitative estimate of drug-likeness (QED) is 0.909. The molecule has 1 aromatic carbocycles. The van der Waals surface area contributed by atoms with E-state index in [2.05, 4.69) is 10.3 Å². The van der Waals surface area contributed by atoms with E-state index in [-0.39, 0.29) is 5.91 Å². The van der Waals surface area contributed by atoms with Crippen LogP contribution in [0.25, 0.3) is 0 Å². The Bertz CT molecular complexity index is 755. The van der Waals surface area contributed by atoms with Crippen molar-refractivity contribution in [1.82, 2.24) is 4.98 Å². The standard InChI is InChI=1S/C17H17ClN2O2S/c1-11-8-14(18)3-2-13(11)9-15-10-19-17(23-15)20-16(21)12-4-6-22-7-5-12/h2-4,8,10H,5-7,9H2,1H3,(H,19,20,21).